The molecule has 2 N–H and O–H groups in total. The molecule has 4 rings (SSSR count). The van der Waals surface area contributed by atoms with Gasteiger partial charge in [-0.05, 0) is 25.8 Å². The Kier molecular flexibility index (Phi) is 4.34. The summed E-state index contributed by atoms with van der Waals surface area (Å²) in [6, 6.07) is 3.29. The maximum atomic E-state index is 15.3. The standard InChI is InChI=1S/C17H22FN5O3S/c1-11-10-26-8-7-23(11)14-9-12(17(4-5-17)27(2,24)25)15(18)16(21-14)20-13-3-6-19-22-13/h3,6,9,11H,4-5,7-8,10H2,1-2H3,(H2,19,20,21,22)/t11-/m1/s1. The smallest absolute Gasteiger partial charge is 0.170 e. The van der Waals surface area contributed by atoms with Crippen LogP contribution in [0.1, 0.15) is 25.3 Å². The van der Waals surface area contributed by atoms with Gasteiger partial charge in [-0.1, -0.05) is 0 Å². The van der Waals surface area contributed by atoms with Gasteiger partial charge in [-0.2, -0.15) is 5.10 Å². The van der Waals surface area contributed by atoms with Gasteiger partial charge in [-0.15, -0.1) is 0 Å². The summed E-state index contributed by atoms with van der Waals surface area (Å²) in [6.07, 6.45) is 3.52. The van der Waals surface area contributed by atoms with Crippen molar-refractivity contribution in [3.05, 3.63) is 29.7 Å². The van der Waals surface area contributed by atoms with Crippen LogP contribution in [0.3, 0.4) is 0 Å². The number of H-pyrrole nitrogens is 1. The fourth-order valence-corrected chi connectivity index (χ4v) is 4.94. The number of pyridine rings is 1. The number of sulfone groups is 1. The van der Waals surface area contributed by atoms with Crippen molar-refractivity contribution in [1.82, 2.24) is 15.2 Å². The minimum atomic E-state index is -3.47. The zero-order valence-electron chi connectivity index (χ0n) is 15.2. The lowest BCUT2D eigenvalue weighted by molar-refractivity contribution is 0.0985. The first kappa shape index (κ1) is 18.2. The molecule has 1 saturated carbocycles. The minimum absolute atomic E-state index is 0.0135. The molecule has 27 heavy (non-hydrogen) atoms. The largest absolute Gasteiger partial charge is 0.377 e. The molecule has 1 aliphatic carbocycles. The van der Waals surface area contributed by atoms with Crippen molar-refractivity contribution in [2.24, 2.45) is 0 Å². The summed E-state index contributed by atoms with van der Waals surface area (Å²) < 4.78 is 44.4. The topological polar surface area (TPSA) is 100 Å². The van der Waals surface area contributed by atoms with Crippen LogP contribution < -0.4 is 10.2 Å². The molecule has 0 unspecified atom stereocenters. The molecule has 0 amide bonds. The number of aromatic amines is 1. The van der Waals surface area contributed by atoms with Crippen LogP contribution >= 0.6 is 0 Å². The summed E-state index contributed by atoms with van der Waals surface area (Å²) in [5, 5.41) is 9.42. The molecule has 0 bridgehead atoms. The second kappa shape index (κ2) is 6.45. The van der Waals surface area contributed by atoms with Gasteiger partial charge < -0.3 is 15.0 Å². The molecule has 1 saturated heterocycles. The lowest BCUT2D eigenvalue weighted by atomic mass is 10.1. The molecule has 0 radical (unpaired) electrons. The average Bonchev–Trinajstić information content (AvgIpc) is 3.28. The van der Waals surface area contributed by atoms with Crippen molar-refractivity contribution in [2.75, 3.05) is 36.2 Å². The molecular formula is C17H22FN5O3S. The Balaban J connectivity index is 1.83. The second-order valence-electron chi connectivity index (χ2n) is 7.17. The van der Waals surface area contributed by atoms with E-state index in [0.29, 0.717) is 44.2 Å². The van der Waals surface area contributed by atoms with E-state index < -0.39 is 20.4 Å². The molecule has 0 aromatic carbocycles. The molecule has 10 heteroatoms. The number of hydrogen-bond donors (Lipinski definition) is 2. The summed E-state index contributed by atoms with van der Waals surface area (Å²) in [6.45, 7) is 3.68. The fraction of sp³-hybridized carbons (Fsp3) is 0.529. The molecule has 2 aromatic rings. The number of anilines is 3. The molecule has 3 heterocycles. The number of halogens is 1. The van der Waals surface area contributed by atoms with Crippen molar-refractivity contribution >= 4 is 27.3 Å². The highest BCUT2D eigenvalue weighted by molar-refractivity contribution is 7.92. The van der Waals surface area contributed by atoms with E-state index in [9.17, 15) is 8.42 Å². The molecule has 146 valence electrons. The van der Waals surface area contributed by atoms with Gasteiger partial charge in [0.1, 0.15) is 16.4 Å². The molecule has 1 aliphatic heterocycles. The number of morpholine rings is 1. The van der Waals surface area contributed by atoms with Crippen molar-refractivity contribution in [3.63, 3.8) is 0 Å². The Morgan fingerprint density at radius 1 is 1.44 bits per heavy atom. The van der Waals surface area contributed by atoms with Gasteiger partial charge in [0.25, 0.3) is 0 Å². The van der Waals surface area contributed by atoms with E-state index >= 15 is 4.39 Å². The van der Waals surface area contributed by atoms with Crippen LogP contribution in [0.4, 0.5) is 21.8 Å². The number of rotatable bonds is 5. The first-order valence-corrected chi connectivity index (χ1v) is 10.7. The van der Waals surface area contributed by atoms with Crippen molar-refractivity contribution in [1.29, 1.82) is 0 Å². The Hall–Kier alpha value is -2.20. The van der Waals surface area contributed by atoms with Crippen LogP contribution in [0, 0.1) is 5.82 Å². The monoisotopic (exact) mass is 395 g/mol. The first-order chi connectivity index (χ1) is 12.8. The van der Waals surface area contributed by atoms with E-state index in [4.69, 9.17) is 4.74 Å². The Bertz CT molecular complexity index is 944. The maximum absolute atomic E-state index is 15.3. The molecule has 2 aromatic heterocycles. The van der Waals surface area contributed by atoms with Crippen LogP contribution in [0.5, 0.6) is 0 Å². The number of nitrogens with zero attached hydrogens (tertiary/aromatic N) is 3. The van der Waals surface area contributed by atoms with Crippen molar-refractivity contribution < 1.29 is 17.5 Å². The van der Waals surface area contributed by atoms with Gasteiger partial charge in [0.2, 0.25) is 0 Å². The average molecular weight is 395 g/mol. The Morgan fingerprint density at radius 2 is 2.22 bits per heavy atom. The number of hydrogen-bond acceptors (Lipinski definition) is 7. The zero-order chi connectivity index (χ0) is 19.2. The molecular weight excluding hydrogens is 373 g/mol. The number of nitrogens with one attached hydrogen (secondary N) is 2. The number of ether oxygens (including phenoxy) is 1. The highest BCUT2D eigenvalue weighted by Gasteiger charge is 2.55. The van der Waals surface area contributed by atoms with Gasteiger partial charge in [0.15, 0.2) is 21.5 Å². The third kappa shape index (κ3) is 3.16. The summed E-state index contributed by atoms with van der Waals surface area (Å²) in [5.74, 6) is 0.362. The van der Waals surface area contributed by atoms with Crippen LogP contribution in [0.25, 0.3) is 0 Å². The lowest BCUT2D eigenvalue weighted by Gasteiger charge is -2.35. The molecule has 2 fully saturated rings. The summed E-state index contributed by atoms with van der Waals surface area (Å²) in [4.78, 5) is 6.46. The summed E-state index contributed by atoms with van der Waals surface area (Å²) >= 11 is 0. The SMILES string of the molecule is C[C@@H]1COCCN1c1cc(C2(S(C)(=O)=O)CC2)c(F)c(Nc2ccn[nH]2)n1. The van der Waals surface area contributed by atoms with Crippen LogP contribution in [-0.4, -0.2) is 55.7 Å². The third-order valence-corrected chi connectivity index (χ3v) is 7.31. The molecule has 1 atom stereocenters. The van der Waals surface area contributed by atoms with Gasteiger partial charge in [0, 0.05) is 24.4 Å². The predicted molar refractivity (Wildman–Crippen MR) is 99.4 cm³/mol. The molecule has 0 spiro atoms. The van der Waals surface area contributed by atoms with E-state index in [1.165, 1.54) is 12.5 Å². The normalized spacial score (nSPS) is 21.9. The van der Waals surface area contributed by atoms with Gasteiger partial charge in [-0.3, -0.25) is 5.10 Å². The third-order valence-electron chi connectivity index (χ3n) is 5.26. The van der Waals surface area contributed by atoms with Crippen LogP contribution in [-0.2, 0) is 19.3 Å². The lowest BCUT2D eigenvalue weighted by Crippen LogP contribution is -2.44. The molecule has 2 aliphatic rings. The van der Waals surface area contributed by atoms with Crippen LogP contribution in [0.2, 0.25) is 0 Å². The van der Waals surface area contributed by atoms with Gasteiger partial charge in [-0.25, -0.2) is 17.8 Å². The first-order valence-electron chi connectivity index (χ1n) is 8.83. The zero-order valence-corrected chi connectivity index (χ0v) is 16.0. The van der Waals surface area contributed by atoms with E-state index in [2.05, 4.69) is 20.5 Å². The minimum Gasteiger partial charge on any atom is -0.377 e. The van der Waals surface area contributed by atoms with E-state index in [1.54, 1.807) is 12.1 Å². The van der Waals surface area contributed by atoms with Crippen molar-refractivity contribution in [2.45, 2.75) is 30.6 Å². The molecule has 8 nitrogen and oxygen atoms in total. The van der Waals surface area contributed by atoms with E-state index in [1.807, 2.05) is 11.8 Å². The highest BCUT2D eigenvalue weighted by Crippen LogP contribution is 2.54. The van der Waals surface area contributed by atoms with Crippen LogP contribution in [0.15, 0.2) is 18.3 Å². The van der Waals surface area contributed by atoms with E-state index in [-0.39, 0.29) is 17.4 Å². The van der Waals surface area contributed by atoms with Crippen molar-refractivity contribution in [3.8, 4) is 0 Å². The fourth-order valence-electron chi connectivity index (χ4n) is 3.55. The Morgan fingerprint density at radius 3 is 2.81 bits per heavy atom. The highest BCUT2D eigenvalue weighted by atomic mass is 32.2. The van der Waals surface area contributed by atoms with Gasteiger partial charge in [0.05, 0.1) is 25.5 Å². The van der Waals surface area contributed by atoms with Gasteiger partial charge >= 0.3 is 0 Å². The quantitative estimate of drug-likeness (QED) is 0.798. The summed E-state index contributed by atoms with van der Waals surface area (Å²) in [5.41, 5.74) is 0.177. The second-order valence-corrected chi connectivity index (χ2v) is 9.50. The predicted octanol–water partition coefficient (Wildman–Crippen LogP) is 1.95. The Labute approximate surface area is 157 Å². The number of aromatic nitrogens is 3. The maximum Gasteiger partial charge on any atom is 0.170 e. The van der Waals surface area contributed by atoms with E-state index in [0.717, 1.165) is 0 Å². The summed E-state index contributed by atoms with van der Waals surface area (Å²) in [7, 11) is -3.47.